The highest BCUT2D eigenvalue weighted by Gasteiger charge is 2.27. The van der Waals surface area contributed by atoms with Crippen molar-refractivity contribution in [1.29, 1.82) is 0 Å². The number of ketones is 1. The molecule has 14 heavy (non-hydrogen) atoms. The van der Waals surface area contributed by atoms with E-state index in [1.54, 1.807) is 0 Å². The smallest absolute Gasteiger partial charge is 0.252 e. The number of halogens is 4. The Bertz CT molecular complexity index is 339. The molecule has 0 saturated heterocycles. The quantitative estimate of drug-likeness (QED) is 0.757. The van der Waals surface area contributed by atoms with Crippen LogP contribution in [-0.2, 0) is 0 Å². The van der Waals surface area contributed by atoms with Gasteiger partial charge in [-0.3, -0.25) is 4.79 Å². The van der Waals surface area contributed by atoms with Crippen molar-refractivity contribution in [3.8, 4) is 0 Å². The Morgan fingerprint density at radius 3 is 2.64 bits per heavy atom. The minimum absolute atomic E-state index is 0.253. The monoisotopic (exact) mass is 302 g/mol. The number of Topliss-reactive ketones (excluding diaryl/α,β-unsaturated/α-hetero) is 1. The molecular weight excluding hydrogens is 298 g/mol. The van der Waals surface area contributed by atoms with E-state index in [0.29, 0.717) is 8.81 Å². The Morgan fingerprint density at radius 2 is 2.29 bits per heavy atom. The first-order chi connectivity index (χ1) is 6.29. The molecule has 1 heterocycles. The van der Waals surface area contributed by atoms with Crippen molar-refractivity contribution >= 4 is 44.7 Å². The molecule has 1 rings (SSSR count). The largest absolute Gasteiger partial charge is 0.293 e. The lowest BCUT2D eigenvalue weighted by atomic mass is 10.1. The summed E-state index contributed by atoms with van der Waals surface area (Å²) in [5, 5.41) is 0. The maximum absolute atomic E-state index is 12.5. The SMILES string of the molecule is CC(F)(F)CC(=O)c1cc(Br)c(Cl)s1. The molecule has 1 aromatic rings. The maximum atomic E-state index is 12.5. The second-order valence-electron chi connectivity index (χ2n) is 2.90. The fourth-order valence-electron chi connectivity index (χ4n) is 0.853. The van der Waals surface area contributed by atoms with Crippen LogP contribution in [0.5, 0.6) is 0 Å². The van der Waals surface area contributed by atoms with Crippen molar-refractivity contribution in [3.05, 3.63) is 19.8 Å². The van der Waals surface area contributed by atoms with Gasteiger partial charge in [-0.1, -0.05) is 11.6 Å². The molecule has 0 atom stereocenters. The molecule has 1 aromatic heterocycles. The molecule has 0 radical (unpaired) electrons. The van der Waals surface area contributed by atoms with Crippen molar-refractivity contribution in [2.24, 2.45) is 0 Å². The van der Waals surface area contributed by atoms with Crippen LogP contribution in [0.4, 0.5) is 8.78 Å². The molecular formula is C8H6BrClF2OS. The van der Waals surface area contributed by atoms with Crippen LogP contribution in [-0.4, -0.2) is 11.7 Å². The number of alkyl halides is 2. The molecule has 0 aliphatic heterocycles. The first kappa shape index (κ1) is 12.1. The van der Waals surface area contributed by atoms with E-state index in [-0.39, 0.29) is 4.88 Å². The van der Waals surface area contributed by atoms with Gasteiger partial charge in [0.05, 0.1) is 11.3 Å². The fraction of sp³-hybridized carbons (Fsp3) is 0.375. The summed E-state index contributed by atoms with van der Waals surface area (Å²) in [4.78, 5) is 11.5. The lowest BCUT2D eigenvalue weighted by molar-refractivity contribution is 0.0157. The van der Waals surface area contributed by atoms with Gasteiger partial charge >= 0.3 is 0 Å². The highest BCUT2D eigenvalue weighted by Crippen LogP contribution is 2.33. The summed E-state index contributed by atoms with van der Waals surface area (Å²) in [7, 11) is 0. The first-order valence-corrected chi connectivity index (χ1v) is 5.64. The van der Waals surface area contributed by atoms with Gasteiger partial charge in [0, 0.05) is 4.47 Å². The molecule has 0 N–H and O–H groups in total. The summed E-state index contributed by atoms with van der Waals surface area (Å²) in [5.41, 5.74) is 0. The van der Waals surface area contributed by atoms with Crippen molar-refractivity contribution in [1.82, 2.24) is 0 Å². The lowest BCUT2D eigenvalue weighted by Gasteiger charge is -2.06. The van der Waals surface area contributed by atoms with E-state index in [2.05, 4.69) is 15.9 Å². The number of carbonyl (C=O) groups excluding carboxylic acids is 1. The zero-order valence-corrected chi connectivity index (χ0v) is 10.3. The van der Waals surface area contributed by atoms with E-state index < -0.39 is 18.1 Å². The van der Waals surface area contributed by atoms with Crippen molar-refractivity contribution < 1.29 is 13.6 Å². The molecule has 0 aliphatic rings. The van der Waals surface area contributed by atoms with Crippen LogP contribution in [0, 0.1) is 0 Å². The van der Waals surface area contributed by atoms with Gasteiger partial charge in [0.15, 0.2) is 5.78 Å². The fourth-order valence-corrected chi connectivity index (χ4v) is 2.49. The molecule has 1 nitrogen and oxygen atoms in total. The zero-order valence-electron chi connectivity index (χ0n) is 7.11. The number of thiophene rings is 1. The average Bonchev–Trinajstić information content (AvgIpc) is 2.28. The summed E-state index contributed by atoms with van der Waals surface area (Å²) in [5.74, 6) is -3.56. The summed E-state index contributed by atoms with van der Waals surface area (Å²) in [6.07, 6.45) is -0.781. The number of carbonyl (C=O) groups is 1. The molecule has 0 spiro atoms. The van der Waals surface area contributed by atoms with Crippen LogP contribution in [0.2, 0.25) is 4.34 Å². The van der Waals surface area contributed by atoms with Crippen molar-refractivity contribution in [2.45, 2.75) is 19.3 Å². The van der Waals surface area contributed by atoms with E-state index in [9.17, 15) is 13.6 Å². The van der Waals surface area contributed by atoms with E-state index in [0.717, 1.165) is 18.3 Å². The van der Waals surface area contributed by atoms with E-state index in [4.69, 9.17) is 11.6 Å². The predicted molar refractivity (Wildman–Crippen MR) is 56.6 cm³/mol. The van der Waals surface area contributed by atoms with E-state index >= 15 is 0 Å². The Hall–Kier alpha value is -0.000000000000000139. The molecule has 0 amide bonds. The summed E-state index contributed by atoms with van der Waals surface area (Å²) in [6, 6.07) is 1.46. The molecule has 0 aromatic carbocycles. The Morgan fingerprint density at radius 1 is 1.71 bits per heavy atom. The summed E-state index contributed by atoms with van der Waals surface area (Å²) >= 11 is 9.78. The number of hydrogen-bond acceptors (Lipinski definition) is 2. The van der Waals surface area contributed by atoms with Crippen LogP contribution in [0.3, 0.4) is 0 Å². The predicted octanol–water partition coefficient (Wildman–Crippen LogP) is 4.39. The van der Waals surface area contributed by atoms with Crippen molar-refractivity contribution in [3.63, 3.8) is 0 Å². The Labute approximate surface area is 97.2 Å². The third-order valence-corrected chi connectivity index (χ3v) is 3.91. The van der Waals surface area contributed by atoms with Gasteiger partial charge in [-0.15, -0.1) is 11.3 Å². The third-order valence-electron chi connectivity index (χ3n) is 1.39. The second kappa shape index (κ2) is 4.24. The highest BCUT2D eigenvalue weighted by atomic mass is 79.9. The Kier molecular flexibility index (Phi) is 3.66. The Balaban J connectivity index is 2.80. The van der Waals surface area contributed by atoms with Crippen LogP contribution < -0.4 is 0 Å². The van der Waals surface area contributed by atoms with E-state index in [1.165, 1.54) is 6.07 Å². The topological polar surface area (TPSA) is 17.1 Å². The number of rotatable bonds is 3. The first-order valence-electron chi connectivity index (χ1n) is 3.65. The van der Waals surface area contributed by atoms with Gasteiger partial charge in [0.1, 0.15) is 4.34 Å². The standard InChI is InChI=1S/C8H6BrClF2OS/c1-8(11,12)3-5(13)6-2-4(9)7(10)14-6/h2H,3H2,1H3. The van der Waals surface area contributed by atoms with Gasteiger partial charge in [0.25, 0.3) is 5.92 Å². The minimum atomic E-state index is -2.97. The van der Waals surface area contributed by atoms with Crippen molar-refractivity contribution in [2.75, 3.05) is 0 Å². The summed E-state index contributed by atoms with van der Waals surface area (Å²) < 4.78 is 26.0. The van der Waals surface area contributed by atoms with E-state index in [1.807, 2.05) is 0 Å². The van der Waals surface area contributed by atoms with Gasteiger partial charge in [0.2, 0.25) is 0 Å². The molecule has 6 heteroatoms. The number of hydrogen-bond donors (Lipinski definition) is 0. The van der Waals surface area contributed by atoms with Gasteiger partial charge < -0.3 is 0 Å². The van der Waals surface area contributed by atoms with Crippen LogP contribution >= 0.6 is 38.9 Å². The maximum Gasteiger partial charge on any atom is 0.252 e. The minimum Gasteiger partial charge on any atom is -0.293 e. The highest BCUT2D eigenvalue weighted by molar-refractivity contribution is 9.10. The van der Waals surface area contributed by atoms with Gasteiger partial charge in [-0.2, -0.15) is 0 Å². The average molecular weight is 304 g/mol. The van der Waals surface area contributed by atoms with Crippen LogP contribution in [0.15, 0.2) is 10.5 Å². The normalized spacial score (nSPS) is 11.8. The molecule has 0 aliphatic carbocycles. The molecule has 0 unspecified atom stereocenters. The van der Waals surface area contributed by atoms with Gasteiger partial charge in [-0.25, -0.2) is 8.78 Å². The lowest BCUT2D eigenvalue weighted by Crippen LogP contribution is -2.15. The van der Waals surface area contributed by atoms with Gasteiger partial charge in [-0.05, 0) is 28.9 Å². The van der Waals surface area contributed by atoms with Crippen LogP contribution in [0.25, 0.3) is 0 Å². The summed E-state index contributed by atoms with van der Waals surface area (Å²) in [6.45, 7) is 0.717. The molecule has 0 saturated carbocycles. The molecule has 0 fully saturated rings. The molecule has 0 bridgehead atoms. The zero-order chi connectivity index (χ0) is 10.9. The molecule has 78 valence electrons. The third kappa shape index (κ3) is 3.29. The van der Waals surface area contributed by atoms with Crippen LogP contribution in [0.1, 0.15) is 23.0 Å². The second-order valence-corrected chi connectivity index (χ2v) is 5.41.